The molecule has 1 aliphatic rings. The summed E-state index contributed by atoms with van der Waals surface area (Å²) >= 11 is 3.10. The summed E-state index contributed by atoms with van der Waals surface area (Å²) < 4.78 is 28.5. The van der Waals surface area contributed by atoms with Gasteiger partial charge in [-0.25, -0.2) is 8.78 Å². The van der Waals surface area contributed by atoms with E-state index in [1.165, 1.54) is 6.07 Å². The Bertz CT molecular complexity index is 434. The zero-order valence-electron chi connectivity index (χ0n) is 10.5. The van der Waals surface area contributed by atoms with Crippen LogP contribution in [-0.2, 0) is 6.42 Å². The van der Waals surface area contributed by atoms with E-state index in [4.69, 9.17) is 0 Å². The summed E-state index contributed by atoms with van der Waals surface area (Å²) in [5.41, 5.74) is 1.09. The minimum atomic E-state index is -0.304. The number of halogens is 3. The van der Waals surface area contributed by atoms with Gasteiger partial charge in [0.1, 0.15) is 11.6 Å². The van der Waals surface area contributed by atoms with Crippen LogP contribution in [0.4, 0.5) is 8.78 Å². The number of fused-ring (bicyclic) bond motifs is 1. The molecule has 0 bridgehead atoms. The molecule has 1 atom stereocenters. The summed E-state index contributed by atoms with van der Waals surface area (Å²) in [5, 5.41) is 3.34. The molecule has 1 aromatic carbocycles. The van der Waals surface area contributed by atoms with Gasteiger partial charge in [-0.15, -0.1) is 0 Å². The van der Waals surface area contributed by atoms with E-state index in [0.717, 1.165) is 32.2 Å². The Hall–Kier alpha value is -0.480. The van der Waals surface area contributed by atoms with Gasteiger partial charge in [0.25, 0.3) is 0 Å². The molecule has 0 heterocycles. The van der Waals surface area contributed by atoms with E-state index in [1.807, 2.05) is 0 Å². The minimum Gasteiger partial charge on any atom is -0.310 e. The molecule has 1 nitrogen and oxygen atoms in total. The van der Waals surface area contributed by atoms with Crippen LogP contribution in [0.25, 0.3) is 0 Å². The minimum absolute atomic E-state index is 0.0607. The summed E-state index contributed by atoms with van der Waals surface area (Å²) in [4.78, 5) is 0. The van der Waals surface area contributed by atoms with Crippen molar-refractivity contribution in [1.82, 2.24) is 5.32 Å². The second-order valence-electron chi connectivity index (χ2n) is 4.80. The highest BCUT2D eigenvalue weighted by molar-refractivity contribution is 9.10. The normalized spacial score (nSPS) is 19.4. The average molecular weight is 318 g/mol. The van der Waals surface area contributed by atoms with Crippen molar-refractivity contribution in [3.05, 3.63) is 33.3 Å². The van der Waals surface area contributed by atoms with E-state index in [1.54, 1.807) is 0 Å². The lowest BCUT2D eigenvalue weighted by atomic mass is 9.97. The maximum atomic E-state index is 14.3. The van der Waals surface area contributed by atoms with Crippen LogP contribution >= 0.6 is 15.9 Å². The molecule has 0 amide bonds. The third-order valence-electron chi connectivity index (χ3n) is 3.47. The molecule has 1 aromatic rings. The van der Waals surface area contributed by atoms with Gasteiger partial charge < -0.3 is 5.32 Å². The maximum Gasteiger partial charge on any atom is 0.142 e. The molecular formula is C14H18BrF2N. The third-order valence-corrected chi connectivity index (χ3v) is 4.05. The van der Waals surface area contributed by atoms with E-state index in [2.05, 4.69) is 28.2 Å². The standard InChI is InChI=1S/C14H18BrF2N/c1-2-7-18-12-6-4-3-5-9-11(16)8-10(15)14(17)13(9)12/h8,12,18H,2-7H2,1H3. The fourth-order valence-corrected chi connectivity index (χ4v) is 3.00. The summed E-state index contributed by atoms with van der Waals surface area (Å²) in [6.07, 6.45) is 4.43. The van der Waals surface area contributed by atoms with Gasteiger partial charge in [0.05, 0.1) is 4.47 Å². The first-order chi connectivity index (χ1) is 8.65. The molecule has 0 radical (unpaired) electrons. The smallest absolute Gasteiger partial charge is 0.142 e. The first-order valence-electron chi connectivity index (χ1n) is 6.54. The van der Waals surface area contributed by atoms with Crippen molar-refractivity contribution in [2.24, 2.45) is 0 Å². The van der Waals surface area contributed by atoms with Gasteiger partial charge in [-0.05, 0) is 59.8 Å². The van der Waals surface area contributed by atoms with Crippen molar-refractivity contribution in [2.45, 2.75) is 45.1 Å². The molecule has 0 fully saturated rings. The lowest BCUT2D eigenvalue weighted by molar-refractivity contribution is 0.464. The lowest BCUT2D eigenvalue weighted by Gasteiger charge is -2.20. The zero-order valence-corrected chi connectivity index (χ0v) is 12.1. The van der Waals surface area contributed by atoms with Crippen molar-refractivity contribution in [3.63, 3.8) is 0 Å². The number of hydrogen-bond acceptors (Lipinski definition) is 1. The Balaban J connectivity index is 2.44. The van der Waals surface area contributed by atoms with E-state index in [-0.39, 0.29) is 22.1 Å². The van der Waals surface area contributed by atoms with E-state index in [0.29, 0.717) is 17.5 Å². The molecule has 1 N–H and O–H groups in total. The SMILES string of the molecule is CCCNC1CCCCc2c(F)cc(Br)c(F)c21. The van der Waals surface area contributed by atoms with Gasteiger partial charge in [0.15, 0.2) is 0 Å². The monoisotopic (exact) mass is 317 g/mol. The van der Waals surface area contributed by atoms with Crippen molar-refractivity contribution in [3.8, 4) is 0 Å². The number of benzene rings is 1. The predicted molar refractivity (Wildman–Crippen MR) is 72.6 cm³/mol. The molecule has 0 saturated heterocycles. The quantitative estimate of drug-likeness (QED) is 0.639. The highest BCUT2D eigenvalue weighted by Gasteiger charge is 2.26. The van der Waals surface area contributed by atoms with Gasteiger partial charge in [-0.3, -0.25) is 0 Å². The number of nitrogens with one attached hydrogen (secondary N) is 1. The molecule has 0 aromatic heterocycles. The third kappa shape index (κ3) is 2.75. The molecule has 0 aliphatic heterocycles. The van der Waals surface area contributed by atoms with Crippen LogP contribution in [-0.4, -0.2) is 6.54 Å². The molecule has 1 aliphatic carbocycles. The van der Waals surface area contributed by atoms with Crippen molar-refractivity contribution >= 4 is 15.9 Å². The lowest BCUT2D eigenvalue weighted by Crippen LogP contribution is -2.24. The van der Waals surface area contributed by atoms with Crippen LogP contribution in [0, 0.1) is 11.6 Å². The Labute approximate surface area is 115 Å². The second kappa shape index (κ2) is 6.11. The Morgan fingerprint density at radius 3 is 2.89 bits per heavy atom. The molecule has 100 valence electrons. The van der Waals surface area contributed by atoms with Crippen LogP contribution in [0.5, 0.6) is 0 Å². The molecule has 18 heavy (non-hydrogen) atoms. The maximum absolute atomic E-state index is 14.3. The Morgan fingerprint density at radius 2 is 2.17 bits per heavy atom. The first kappa shape index (κ1) is 13.9. The second-order valence-corrected chi connectivity index (χ2v) is 5.65. The molecule has 1 unspecified atom stereocenters. The molecule has 0 saturated carbocycles. The van der Waals surface area contributed by atoms with Crippen LogP contribution in [0.15, 0.2) is 10.5 Å². The van der Waals surface area contributed by atoms with Gasteiger partial charge in [0, 0.05) is 11.6 Å². The predicted octanol–water partition coefficient (Wildman–Crippen LogP) is 4.49. The van der Waals surface area contributed by atoms with Crippen molar-refractivity contribution in [1.29, 1.82) is 0 Å². The highest BCUT2D eigenvalue weighted by atomic mass is 79.9. The fraction of sp³-hybridized carbons (Fsp3) is 0.571. The summed E-state index contributed by atoms with van der Waals surface area (Å²) in [5.74, 6) is -0.592. The fourth-order valence-electron chi connectivity index (χ4n) is 2.59. The highest BCUT2D eigenvalue weighted by Crippen LogP contribution is 2.35. The summed E-state index contributed by atoms with van der Waals surface area (Å²) in [7, 11) is 0. The Morgan fingerprint density at radius 1 is 1.39 bits per heavy atom. The topological polar surface area (TPSA) is 12.0 Å². The first-order valence-corrected chi connectivity index (χ1v) is 7.34. The average Bonchev–Trinajstić information content (AvgIpc) is 2.56. The van der Waals surface area contributed by atoms with Gasteiger partial charge in [-0.1, -0.05) is 13.3 Å². The van der Waals surface area contributed by atoms with Gasteiger partial charge >= 0.3 is 0 Å². The van der Waals surface area contributed by atoms with E-state index in [9.17, 15) is 8.78 Å². The van der Waals surface area contributed by atoms with Crippen LogP contribution < -0.4 is 5.32 Å². The van der Waals surface area contributed by atoms with Gasteiger partial charge in [-0.2, -0.15) is 0 Å². The van der Waals surface area contributed by atoms with Crippen LogP contribution in [0.2, 0.25) is 0 Å². The van der Waals surface area contributed by atoms with Crippen LogP contribution in [0.1, 0.15) is 49.8 Å². The summed E-state index contributed by atoms with van der Waals surface area (Å²) in [6, 6.07) is 1.19. The van der Waals surface area contributed by atoms with E-state index >= 15 is 0 Å². The van der Waals surface area contributed by atoms with Gasteiger partial charge in [0.2, 0.25) is 0 Å². The molecular weight excluding hydrogens is 300 g/mol. The number of rotatable bonds is 3. The molecule has 4 heteroatoms. The van der Waals surface area contributed by atoms with Crippen molar-refractivity contribution < 1.29 is 8.78 Å². The van der Waals surface area contributed by atoms with E-state index < -0.39 is 0 Å². The van der Waals surface area contributed by atoms with Crippen molar-refractivity contribution in [2.75, 3.05) is 6.54 Å². The molecule has 2 rings (SSSR count). The molecule has 0 spiro atoms. The Kier molecular flexibility index (Phi) is 4.73. The zero-order chi connectivity index (χ0) is 13.1. The largest absolute Gasteiger partial charge is 0.310 e. The number of hydrogen-bond donors (Lipinski definition) is 1. The van der Waals surface area contributed by atoms with Crippen LogP contribution in [0.3, 0.4) is 0 Å². The summed E-state index contributed by atoms with van der Waals surface area (Å²) in [6.45, 7) is 2.90.